The molecule has 3 nitrogen and oxygen atoms in total. The zero-order valence-electron chi connectivity index (χ0n) is 10.8. The SMILES string of the molecule is N#CC1CCCCCC1NCCc1ccncc1. The lowest BCUT2D eigenvalue weighted by Gasteiger charge is -2.20. The maximum absolute atomic E-state index is 9.20. The number of nitriles is 1. The highest BCUT2D eigenvalue weighted by Crippen LogP contribution is 2.22. The second-order valence-electron chi connectivity index (χ2n) is 5.04. The standard InChI is InChI=1S/C15H21N3/c16-12-14-4-2-1-3-5-15(14)18-11-8-13-6-9-17-10-7-13/h6-7,9-10,14-15,18H,1-5,8,11H2. The van der Waals surface area contributed by atoms with Crippen molar-refractivity contribution in [3.8, 4) is 6.07 Å². The van der Waals surface area contributed by atoms with E-state index < -0.39 is 0 Å². The first kappa shape index (κ1) is 13.0. The van der Waals surface area contributed by atoms with Gasteiger partial charge in [-0.1, -0.05) is 19.3 Å². The predicted molar refractivity (Wildman–Crippen MR) is 71.9 cm³/mol. The molecule has 1 heterocycles. The highest BCUT2D eigenvalue weighted by Gasteiger charge is 2.22. The molecule has 2 unspecified atom stereocenters. The minimum Gasteiger partial charge on any atom is -0.312 e. The average Bonchev–Trinajstić information content (AvgIpc) is 2.65. The largest absolute Gasteiger partial charge is 0.312 e. The number of rotatable bonds is 4. The van der Waals surface area contributed by atoms with Crippen LogP contribution in [-0.2, 0) is 6.42 Å². The minimum absolute atomic E-state index is 0.199. The highest BCUT2D eigenvalue weighted by atomic mass is 14.9. The van der Waals surface area contributed by atoms with Crippen LogP contribution in [0.3, 0.4) is 0 Å². The molecule has 0 radical (unpaired) electrons. The Morgan fingerprint density at radius 3 is 2.78 bits per heavy atom. The molecular formula is C15H21N3. The van der Waals surface area contributed by atoms with Crippen LogP contribution < -0.4 is 5.32 Å². The number of hydrogen-bond donors (Lipinski definition) is 1. The van der Waals surface area contributed by atoms with Gasteiger partial charge < -0.3 is 5.32 Å². The summed E-state index contributed by atoms with van der Waals surface area (Å²) in [5, 5.41) is 12.8. The van der Waals surface area contributed by atoms with Crippen molar-refractivity contribution in [3.63, 3.8) is 0 Å². The molecule has 0 spiro atoms. The van der Waals surface area contributed by atoms with Crippen LogP contribution >= 0.6 is 0 Å². The van der Waals surface area contributed by atoms with Crippen molar-refractivity contribution >= 4 is 0 Å². The molecule has 1 saturated carbocycles. The molecule has 1 aromatic heterocycles. The zero-order chi connectivity index (χ0) is 12.6. The lowest BCUT2D eigenvalue weighted by Crippen LogP contribution is -2.36. The van der Waals surface area contributed by atoms with Crippen molar-refractivity contribution in [2.24, 2.45) is 5.92 Å². The van der Waals surface area contributed by atoms with Gasteiger partial charge in [-0.05, 0) is 43.5 Å². The molecule has 1 N–H and O–H groups in total. The minimum atomic E-state index is 0.199. The van der Waals surface area contributed by atoms with Crippen molar-refractivity contribution in [2.75, 3.05) is 6.54 Å². The van der Waals surface area contributed by atoms with E-state index in [2.05, 4.69) is 28.5 Å². The third-order valence-corrected chi connectivity index (χ3v) is 3.75. The normalized spacial score (nSPS) is 24.2. The van der Waals surface area contributed by atoms with Gasteiger partial charge in [0.2, 0.25) is 0 Å². The summed E-state index contributed by atoms with van der Waals surface area (Å²) in [6.45, 7) is 0.951. The first-order valence-corrected chi connectivity index (χ1v) is 6.92. The first-order chi connectivity index (χ1) is 8.90. The Kier molecular flexibility index (Phi) is 5.16. The molecule has 3 heteroatoms. The Bertz CT molecular complexity index is 382. The Hall–Kier alpha value is -1.40. The molecule has 0 saturated heterocycles. The summed E-state index contributed by atoms with van der Waals surface area (Å²) in [6.07, 6.45) is 10.6. The second-order valence-corrected chi connectivity index (χ2v) is 5.04. The Balaban J connectivity index is 1.79. The Labute approximate surface area is 109 Å². The summed E-state index contributed by atoms with van der Waals surface area (Å²) in [6, 6.07) is 6.96. The molecule has 0 amide bonds. The first-order valence-electron chi connectivity index (χ1n) is 6.92. The maximum atomic E-state index is 9.20. The van der Waals surface area contributed by atoms with Gasteiger partial charge in [-0.2, -0.15) is 5.26 Å². The van der Waals surface area contributed by atoms with E-state index in [0.29, 0.717) is 6.04 Å². The molecule has 0 bridgehead atoms. The molecule has 0 aromatic carbocycles. The number of nitrogens with zero attached hydrogens (tertiary/aromatic N) is 2. The van der Waals surface area contributed by atoms with E-state index in [9.17, 15) is 5.26 Å². The highest BCUT2D eigenvalue weighted by molar-refractivity contribution is 5.10. The summed E-state index contributed by atoms with van der Waals surface area (Å²) in [4.78, 5) is 4.02. The van der Waals surface area contributed by atoms with E-state index in [-0.39, 0.29) is 5.92 Å². The third kappa shape index (κ3) is 3.82. The molecule has 0 aliphatic heterocycles. The van der Waals surface area contributed by atoms with E-state index in [4.69, 9.17) is 0 Å². The van der Waals surface area contributed by atoms with Crippen LogP contribution in [0.5, 0.6) is 0 Å². The van der Waals surface area contributed by atoms with E-state index in [1.165, 1.54) is 24.8 Å². The topological polar surface area (TPSA) is 48.7 Å². The summed E-state index contributed by atoms with van der Waals surface area (Å²) in [5.74, 6) is 0.199. The van der Waals surface area contributed by atoms with Crippen molar-refractivity contribution in [3.05, 3.63) is 30.1 Å². The van der Waals surface area contributed by atoms with Gasteiger partial charge in [-0.25, -0.2) is 0 Å². The molecule has 1 aliphatic rings. The van der Waals surface area contributed by atoms with E-state index >= 15 is 0 Å². The van der Waals surface area contributed by atoms with E-state index in [0.717, 1.165) is 25.8 Å². The molecule has 96 valence electrons. The van der Waals surface area contributed by atoms with Crippen LogP contribution in [0.4, 0.5) is 0 Å². The Morgan fingerprint density at radius 1 is 1.22 bits per heavy atom. The van der Waals surface area contributed by atoms with Crippen LogP contribution in [0, 0.1) is 17.2 Å². The van der Waals surface area contributed by atoms with Crippen LogP contribution in [0.15, 0.2) is 24.5 Å². The third-order valence-electron chi connectivity index (χ3n) is 3.75. The van der Waals surface area contributed by atoms with E-state index in [1.54, 1.807) is 0 Å². The van der Waals surface area contributed by atoms with Crippen LogP contribution in [-0.4, -0.2) is 17.6 Å². The molecular weight excluding hydrogens is 222 g/mol. The monoisotopic (exact) mass is 243 g/mol. The second kappa shape index (κ2) is 7.13. The van der Waals surface area contributed by atoms with Crippen LogP contribution in [0.2, 0.25) is 0 Å². The van der Waals surface area contributed by atoms with Crippen LogP contribution in [0.1, 0.15) is 37.7 Å². The molecule has 1 fully saturated rings. The van der Waals surface area contributed by atoms with Gasteiger partial charge in [0.25, 0.3) is 0 Å². The fraction of sp³-hybridized carbons (Fsp3) is 0.600. The lowest BCUT2D eigenvalue weighted by molar-refractivity contribution is 0.397. The zero-order valence-corrected chi connectivity index (χ0v) is 10.8. The summed E-state index contributed by atoms with van der Waals surface area (Å²) in [7, 11) is 0. The summed E-state index contributed by atoms with van der Waals surface area (Å²) >= 11 is 0. The van der Waals surface area contributed by atoms with Crippen molar-refractivity contribution < 1.29 is 0 Å². The number of aromatic nitrogens is 1. The fourth-order valence-corrected chi connectivity index (χ4v) is 2.66. The number of hydrogen-bond acceptors (Lipinski definition) is 3. The van der Waals surface area contributed by atoms with Gasteiger partial charge in [0.1, 0.15) is 0 Å². The smallest absolute Gasteiger partial charge is 0.0672 e. The average molecular weight is 243 g/mol. The molecule has 2 atom stereocenters. The van der Waals surface area contributed by atoms with Gasteiger partial charge in [0, 0.05) is 18.4 Å². The van der Waals surface area contributed by atoms with Gasteiger partial charge in [-0.15, -0.1) is 0 Å². The van der Waals surface area contributed by atoms with Gasteiger partial charge >= 0.3 is 0 Å². The van der Waals surface area contributed by atoms with Gasteiger partial charge in [-0.3, -0.25) is 4.98 Å². The molecule has 2 rings (SSSR count). The number of pyridine rings is 1. The molecule has 1 aromatic rings. The lowest BCUT2D eigenvalue weighted by atomic mass is 9.96. The van der Waals surface area contributed by atoms with Crippen molar-refractivity contribution in [1.29, 1.82) is 5.26 Å². The van der Waals surface area contributed by atoms with Crippen molar-refractivity contribution in [2.45, 2.75) is 44.6 Å². The van der Waals surface area contributed by atoms with Gasteiger partial charge in [0.15, 0.2) is 0 Å². The Morgan fingerprint density at radius 2 is 2.00 bits per heavy atom. The molecule has 18 heavy (non-hydrogen) atoms. The number of nitrogens with one attached hydrogen (secondary N) is 1. The van der Waals surface area contributed by atoms with E-state index in [1.807, 2.05) is 12.4 Å². The van der Waals surface area contributed by atoms with Gasteiger partial charge in [0.05, 0.1) is 12.0 Å². The van der Waals surface area contributed by atoms with Crippen molar-refractivity contribution in [1.82, 2.24) is 10.3 Å². The summed E-state index contributed by atoms with van der Waals surface area (Å²) in [5.41, 5.74) is 1.31. The molecule has 1 aliphatic carbocycles. The quantitative estimate of drug-likeness (QED) is 0.827. The maximum Gasteiger partial charge on any atom is 0.0672 e. The predicted octanol–water partition coefficient (Wildman–Crippen LogP) is 2.69. The fourth-order valence-electron chi connectivity index (χ4n) is 2.66. The summed E-state index contributed by atoms with van der Waals surface area (Å²) < 4.78 is 0. The van der Waals surface area contributed by atoms with Crippen LogP contribution in [0.25, 0.3) is 0 Å².